The maximum atomic E-state index is 4.38. The van der Waals surface area contributed by atoms with Crippen molar-refractivity contribution in [3.05, 3.63) is 16.1 Å². The lowest BCUT2D eigenvalue weighted by Crippen LogP contribution is -2.34. The second-order valence-electron chi connectivity index (χ2n) is 3.20. The van der Waals surface area contributed by atoms with E-state index < -0.39 is 0 Å². The van der Waals surface area contributed by atoms with Crippen LogP contribution in [0.4, 0.5) is 0 Å². The number of hydrogen-bond acceptors (Lipinski definition) is 4. The summed E-state index contributed by atoms with van der Waals surface area (Å²) in [6.45, 7) is 6.05. The van der Waals surface area contributed by atoms with Crippen molar-refractivity contribution in [1.29, 1.82) is 0 Å². The maximum Gasteiger partial charge on any atom is 0.0897 e. The molecule has 1 atom stereocenters. The fraction of sp³-hybridized carbons (Fsp3) is 0.667. The first-order valence-corrected chi connectivity index (χ1v) is 5.39. The molecule has 74 valence electrons. The molecule has 13 heavy (non-hydrogen) atoms. The normalized spacial score (nSPS) is 13.2. The molecule has 1 unspecified atom stereocenters. The van der Waals surface area contributed by atoms with E-state index in [1.54, 1.807) is 11.3 Å². The SMILES string of the molecule is CNCC(C)NCc1csc(C)n1. The number of rotatable bonds is 5. The number of thiazole rings is 1. The van der Waals surface area contributed by atoms with Gasteiger partial charge in [-0.2, -0.15) is 0 Å². The van der Waals surface area contributed by atoms with E-state index in [2.05, 4.69) is 27.9 Å². The van der Waals surface area contributed by atoms with Crippen LogP contribution in [0, 0.1) is 6.92 Å². The molecular weight excluding hydrogens is 182 g/mol. The zero-order chi connectivity index (χ0) is 9.68. The molecule has 1 heterocycles. The quantitative estimate of drug-likeness (QED) is 0.747. The van der Waals surface area contributed by atoms with Crippen LogP contribution in [-0.2, 0) is 6.54 Å². The van der Waals surface area contributed by atoms with Crippen LogP contribution in [0.25, 0.3) is 0 Å². The highest BCUT2D eigenvalue weighted by molar-refractivity contribution is 7.09. The van der Waals surface area contributed by atoms with E-state index in [1.807, 2.05) is 14.0 Å². The summed E-state index contributed by atoms with van der Waals surface area (Å²) >= 11 is 1.70. The molecule has 0 amide bonds. The molecular formula is C9H17N3S. The Bertz CT molecular complexity index is 247. The fourth-order valence-electron chi connectivity index (χ4n) is 1.15. The second kappa shape index (κ2) is 5.32. The van der Waals surface area contributed by atoms with Crippen molar-refractivity contribution in [1.82, 2.24) is 15.6 Å². The topological polar surface area (TPSA) is 37.0 Å². The lowest BCUT2D eigenvalue weighted by molar-refractivity contribution is 0.519. The molecule has 0 bridgehead atoms. The fourth-order valence-corrected chi connectivity index (χ4v) is 1.76. The Balaban J connectivity index is 2.26. The van der Waals surface area contributed by atoms with E-state index in [-0.39, 0.29) is 0 Å². The highest BCUT2D eigenvalue weighted by atomic mass is 32.1. The van der Waals surface area contributed by atoms with Crippen molar-refractivity contribution in [3.63, 3.8) is 0 Å². The van der Waals surface area contributed by atoms with Gasteiger partial charge >= 0.3 is 0 Å². The Morgan fingerprint density at radius 3 is 2.92 bits per heavy atom. The van der Waals surface area contributed by atoms with Gasteiger partial charge in [-0.1, -0.05) is 0 Å². The van der Waals surface area contributed by atoms with Gasteiger partial charge in [-0.05, 0) is 20.9 Å². The van der Waals surface area contributed by atoms with Crippen LogP contribution in [0.1, 0.15) is 17.6 Å². The van der Waals surface area contributed by atoms with Crippen LogP contribution in [0.15, 0.2) is 5.38 Å². The Labute approximate surface area is 83.6 Å². The Morgan fingerprint density at radius 2 is 2.38 bits per heavy atom. The van der Waals surface area contributed by atoms with Crippen LogP contribution in [0.5, 0.6) is 0 Å². The molecule has 0 saturated heterocycles. The molecule has 0 aromatic carbocycles. The molecule has 0 aliphatic carbocycles. The summed E-state index contributed by atoms with van der Waals surface area (Å²) in [6.07, 6.45) is 0. The van der Waals surface area contributed by atoms with Crippen molar-refractivity contribution in [2.75, 3.05) is 13.6 Å². The molecule has 0 saturated carbocycles. The van der Waals surface area contributed by atoms with Gasteiger partial charge in [0.05, 0.1) is 10.7 Å². The zero-order valence-electron chi connectivity index (χ0n) is 8.42. The molecule has 0 aliphatic heterocycles. The van der Waals surface area contributed by atoms with Gasteiger partial charge in [0.25, 0.3) is 0 Å². The average molecular weight is 199 g/mol. The standard InChI is InChI=1S/C9H17N3S/c1-7(4-10-3)11-5-9-6-13-8(2)12-9/h6-7,10-11H,4-5H2,1-3H3. The Hall–Kier alpha value is -0.450. The number of nitrogens with one attached hydrogen (secondary N) is 2. The monoisotopic (exact) mass is 199 g/mol. The predicted molar refractivity (Wildman–Crippen MR) is 57.1 cm³/mol. The zero-order valence-corrected chi connectivity index (χ0v) is 9.24. The summed E-state index contributed by atoms with van der Waals surface area (Å²) < 4.78 is 0. The van der Waals surface area contributed by atoms with Crippen LogP contribution in [0.3, 0.4) is 0 Å². The summed E-state index contributed by atoms with van der Waals surface area (Å²) in [5.41, 5.74) is 1.14. The molecule has 0 aliphatic rings. The van der Waals surface area contributed by atoms with Gasteiger partial charge < -0.3 is 10.6 Å². The number of aromatic nitrogens is 1. The Morgan fingerprint density at radius 1 is 1.62 bits per heavy atom. The van der Waals surface area contributed by atoms with E-state index in [0.29, 0.717) is 6.04 Å². The van der Waals surface area contributed by atoms with Crippen LogP contribution >= 0.6 is 11.3 Å². The predicted octanol–water partition coefficient (Wildman–Crippen LogP) is 1.15. The van der Waals surface area contributed by atoms with Crippen molar-refractivity contribution in [3.8, 4) is 0 Å². The first kappa shape index (κ1) is 10.6. The van der Waals surface area contributed by atoms with E-state index in [9.17, 15) is 0 Å². The third-order valence-corrected chi connectivity index (χ3v) is 2.63. The van der Waals surface area contributed by atoms with Gasteiger partial charge in [-0.25, -0.2) is 4.98 Å². The Kier molecular flexibility index (Phi) is 4.35. The number of aryl methyl sites for hydroxylation is 1. The van der Waals surface area contributed by atoms with Gasteiger partial charge in [0, 0.05) is 24.5 Å². The molecule has 4 heteroatoms. The molecule has 0 radical (unpaired) electrons. The van der Waals surface area contributed by atoms with E-state index in [1.165, 1.54) is 0 Å². The number of nitrogens with zero attached hydrogens (tertiary/aromatic N) is 1. The summed E-state index contributed by atoms with van der Waals surface area (Å²) in [5.74, 6) is 0. The minimum Gasteiger partial charge on any atom is -0.318 e. The first-order chi connectivity index (χ1) is 6.22. The van der Waals surface area contributed by atoms with Gasteiger partial charge in [-0.3, -0.25) is 0 Å². The van der Waals surface area contributed by atoms with Crippen LogP contribution in [0.2, 0.25) is 0 Å². The maximum absolute atomic E-state index is 4.38. The minimum atomic E-state index is 0.493. The van der Waals surface area contributed by atoms with Crippen molar-refractivity contribution in [2.45, 2.75) is 26.4 Å². The van der Waals surface area contributed by atoms with E-state index in [4.69, 9.17) is 0 Å². The molecule has 0 spiro atoms. The smallest absolute Gasteiger partial charge is 0.0897 e. The van der Waals surface area contributed by atoms with E-state index >= 15 is 0 Å². The van der Waals surface area contributed by atoms with Crippen molar-refractivity contribution in [2.24, 2.45) is 0 Å². The molecule has 1 aromatic rings. The lowest BCUT2D eigenvalue weighted by Gasteiger charge is -2.11. The average Bonchev–Trinajstić information content (AvgIpc) is 2.49. The van der Waals surface area contributed by atoms with Crippen LogP contribution < -0.4 is 10.6 Å². The molecule has 0 fully saturated rings. The van der Waals surface area contributed by atoms with Crippen molar-refractivity contribution >= 4 is 11.3 Å². The van der Waals surface area contributed by atoms with E-state index in [0.717, 1.165) is 23.8 Å². The third kappa shape index (κ3) is 3.85. The van der Waals surface area contributed by atoms with Crippen molar-refractivity contribution < 1.29 is 0 Å². The highest BCUT2D eigenvalue weighted by Gasteiger charge is 2.01. The number of likely N-dealkylation sites (N-methyl/N-ethyl adjacent to an activating group) is 1. The van der Waals surface area contributed by atoms with Gasteiger partial charge in [-0.15, -0.1) is 11.3 Å². The van der Waals surface area contributed by atoms with Gasteiger partial charge in [0.15, 0.2) is 0 Å². The molecule has 2 N–H and O–H groups in total. The second-order valence-corrected chi connectivity index (χ2v) is 4.26. The first-order valence-electron chi connectivity index (χ1n) is 4.51. The molecule has 1 rings (SSSR count). The summed E-state index contributed by atoms with van der Waals surface area (Å²) in [5, 5.41) is 9.77. The minimum absolute atomic E-state index is 0.493. The highest BCUT2D eigenvalue weighted by Crippen LogP contribution is 2.07. The third-order valence-electron chi connectivity index (χ3n) is 1.81. The lowest BCUT2D eigenvalue weighted by atomic mass is 10.3. The summed E-state index contributed by atoms with van der Waals surface area (Å²) in [7, 11) is 1.96. The van der Waals surface area contributed by atoms with Gasteiger partial charge in [0.1, 0.15) is 0 Å². The molecule has 3 nitrogen and oxygen atoms in total. The number of hydrogen-bond donors (Lipinski definition) is 2. The van der Waals surface area contributed by atoms with Gasteiger partial charge in [0.2, 0.25) is 0 Å². The summed E-state index contributed by atoms with van der Waals surface area (Å²) in [6, 6.07) is 0.493. The molecule has 1 aromatic heterocycles. The van der Waals surface area contributed by atoms with Crippen LogP contribution in [-0.4, -0.2) is 24.6 Å². The summed E-state index contributed by atoms with van der Waals surface area (Å²) in [4.78, 5) is 4.38. The largest absolute Gasteiger partial charge is 0.318 e.